The zero-order valence-corrected chi connectivity index (χ0v) is 10.1. The first-order valence-corrected chi connectivity index (χ1v) is 6.03. The number of rotatable bonds is 5. The summed E-state index contributed by atoms with van der Waals surface area (Å²) < 4.78 is 0. The molecule has 5 heteroatoms. The summed E-state index contributed by atoms with van der Waals surface area (Å²) in [6.45, 7) is 4.01. The SMILES string of the molecule is CCC(C)CC(=O)Nc1sccc1C(=O)O. The van der Waals surface area contributed by atoms with Gasteiger partial charge in [-0.3, -0.25) is 4.79 Å². The Labute approximate surface area is 98.3 Å². The number of amides is 1. The van der Waals surface area contributed by atoms with Gasteiger partial charge < -0.3 is 10.4 Å². The Balaban J connectivity index is 2.63. The fourth-order valence-electron chi connectivity index (χ4n) is 1.21. The number of carbonyl (C=O) groups is 2. The predicted octanol–water partition coefficient (Wildman–Crippen LogP) is 2.82. The third kappa shape index (κ3) is 3.34. The maximum absolute atomic E-state index is 11.6. The van der Waals surface area contributed by atoms with E-state index in [1.807, 2.05) is 13.8 Å². The van der Waals surface area contributed by atoms with Gasteiger partial charge >= 0.3 is 5.97 Å². The van der Waals surface area contributed by atoms with E-state index >= 15 is 0 Å². The minimum Gasteiger partial charge on any atom is -0.478 e. The smallest absolute Gasteiger partial charge is 0.338 e. The average molecular weight is 241 g/mol. The number of anilines is 1. The Morgan fingerprint density at radius 1 is 1.56 bits per heavy atom. The third-order valence-electron chi connectivity index (χ3n) is 2.38. The highest BCUT2D eigenvalue weighted by atomic mass is 32.1. The summed E-state index contributed by atoms with van der Waals surface area (Å²) in [5.41, 5.74) is 0.155. The van der Waals surface area contributed by atoms with Gasteiger partial charge in [-0.15, -0.1) is 11.3 Å². The molecule has 1 atom stereocenters. The van der Waals surface area contributed by atoms with Crippen LogP contribution in [0.25, 0.3) is 0 Å². The molecule has 0 saturated heterocycles. The minimum absolute atomic E-state index is 0.126. The van der Waals surface area contributed by atoms with Crippen molar-refractivity contribution in [2.45, 2.75) is 26.7 Å². The molecule has 4 nitrogen and oxygen atoms in total. The standard InChI is InChI=1S/C11H15NO3S/c1-3-7(2)6-9(13)12-10-8(11(14)15)4-5-16-10/h4-5,7H,3,6H2,1-2H3,(H,12,13)(H,14,15). The Bertz CT molecular complexity index is 386. The van der Waals surface area contributed by atoms with Crippen molar-refractivity contribution in [3.8, 4) is 0 Å². The molecule has 1 rings (SSSR count). The van der Waals surface area contributed by atoms with E-state index in [0.29, 0.717) is 17.3 Å². The molecular weight excluding hydrogens is 226 g/mol. The van der Waals surface area contributed by atoms with Gasteiger partial charge in [0, 0.05) is 6.42 Å². The number of thiophene rings is 1. The zero-order valence-electron chi connectivity index (χ0n) is 9.32. The topological polar surface area (TPSA) is 66.4 Å². The highest BCUT2D eigenvalue weighted by molar-refractivity contribution is 7.14. The van der Waals surface area contributed by atoms with Crippen LogP contribution in [0, 0.1) is 5.92 Å². The number of aromatic carboxylic acids is 1. The summed E-state index contributed by atoms with van der Waals surface area (Å²) in [7, 11) is 0. The molecule has 88 valence electrons. The molecule has 2 N–H and O–H groups in total. The van der Waals surface area contributed by atoms with Gasteiger partial charge in [0.1, 0.15) is 5.00 Å². The van der Waals surface area contributed by atoms with E-state index in [-0.39, 0.29) is 11.5 Å². The van der Waals surface area contributed by atoms with E-state index < -0.39 is 5.97 Å². The van der Waals surface area contributed by atoms with Crippen molar-refractivity contribution >= 4 is 28.2 Å². The fraction of sp³-hybridized carbons (Fsp3) is 0.455. The molecule has 0 aliphatic rings. The number of hydrogen-bond donors (Lipinski definition) is 2. The molecule has 1 amide bonds. The lowest BCUT2D eigenvalue weighted by atomic mass is 10.1. The molecule has 0 spiro atoms. The third-order valence-corrected chi connectivity index (χ3v) is 3.21. The second kappa shape index (κ2) is 5.65. The Kier molecular flexibility index (Phi) is 4.49. The highest BCUT2D eigenvalue weighted by Gasteiger charge is 2.14. The lowest BCUT2D eigenvalue weighted by Gasteiger charge is -2.08. The molecule has 1 aromatic rings. The first kappa shape index (κ1) is 12.7. The summed E-state index contributed by atoms with van der Waals surface area (Å²) in [5, 5.41) is 13.6. The maximum atomic E-state index is 11.6. The van der Waals surface area contributed by atoms with Crippen LogP contribution in [0.5, 0.6) is 0 Å². The number of nitrogens with one attached hydrogen (secondary N) is 1. The first-order chi connectivity index (χ1) is 7.54. The van der Waals surface area contributed by atoms with Gasteiger partial charge in [0.05, 0.1) is 5.56 Å². The minimum atomic E-state index is -1.01. The van der Waals surface area contributed by atoms with Crippen molar-refractivity contribution in [1.29, 1.82) is 0 Å². The van der Waals surface area contributed by atoms with Crippen molar-refractivity contribution in [2.24, 2.45) is 5.92 Å². The van der Waals surface area contributed by atoms with Crippen LogP contribution < -0.4 is 5.32 Å². The second-order valence-corrected chi connectivity index (χ2v) is 4.65. The Morgan fingerprint density at radius 3 is 2.81 bits per heavy atom. The van der Waals surface area contributed by atoms with Crippen molar-refractivity contribution in [3.05, 3.63) is 17.0 Å². The van der Waals surface area contributed by atoms with Gasteiger partial charge in [-0.1, -0.05) is 20.3 Å². The molecule has 0 saturated carbocycles. The van der Waals surface area contributed by atoms with Gasteiger partial charge in [0.15, 0.2) is 0 Å². The highest BCUT2D eigenvalue weighted by Crippen LogP contribution is 2.23. The average Bonchev–Trinajstić information content (AvgIpc) is 2.65. The van der Waals surface area contributed by atoms with E-state index in [1.165, 1.54) is 17.4 Å². The van der Waals surface area contributed by atoms with E-state index in [2.05, 4.69) is 5.32 Å². The van der Waals surface area contributed by atoms with Crippen LogP contribution in [-0.2, 0) is 4.79 Å². The van der Waals surface area contributed by atoms with E-state index in [9.17, 15) is 9.59 Å². The van der Waals surface area contributed by atoms with Crippen LogP contribution in [0.1, 0.15) is 37.0 Å². The summed E-state index contributed by atoms with van der Waals surface area (Å²) in [6.07, 6.45) is 1.36. The molecule has 0 aliphatic heterocycles. The predicted molar refractivity (Wildman–Crippen MR) is 64.0 cm³/mol. The van der Waals surface area contributed by atoms with Crippen LogP contribution in [0.15, 0.2) is 11.4 Å². The largest absolute Gasteiger partial charge is 0.478 e. The molecule has 1 heterocycles. The van der Waals surface area contributed by atoms with Gasteiger partial charge in [-0.25, -0.2) is 4.79 Å². The summed E-state index contributed by atoms with van der Waals surface area (Å²) in [4.78, 5) is 22.4. The molecular formula is C11H15NO3S. The molecule has 1 aromatic heterocycles. The zero-order chi connectivity index (χ0) is 12.1. The summed E-state index contributed by atoms with van der Waals surface area (Å²) in [6, 6.07) is 1.49. The van der Waals surface area contributed by atoms with Gasteiger partial charge in [0.25, 0.3) is 0 Å². The lowest BCUT2D eigenvalue weighted by Crippen LogP contribution is -2.15. The molecule has 0 fully saturated rings. The lowest BCUT2D eigenvalue weighted by molar-refractivity contribution is -0.116. The molecule has 0 aliphatic carbocycles. The summed E-state index contributed by atoms with van der Waals surface area (Å²) in [5.74, 6) is -0.826. The van der Waals surface area contributed by atoms with Crippen molar-refractivity contribution < 1.29 is 14.7 Å². The fourth-order valence-corrected chi connectivity index (χ4v) is 2.01. The van der Waals surface area contributed by atoms with Crippen LogP contribution >= 0.6 is 11.3 Å². The van der Waals surface area contributed by atoms with Gasteiger partial charge in [0.2, 0.25) is 5.91 Å². The van der Waals surface area contributed by atoms with E-state index in [1.54, 1.807) is 5.38 Å². The van der Waals surface area contributed by atoms with Crippen molar-refractivity contribution in [3.63, 3.8) is 0 Å². The number of hydrogen-bond acceptors (Lipinski definition) is 3. The van der Waals surface area contributed by atoms with Gasteiger partial charge in [-0.2, -0.15) is 0 Å². The van der Waals surface area contributed by atoms with Crippen LogP contribution in [0.4, 0.5) is 5.00 Å². The molecule has 0 bridgehead atoms. The molecule has 0 radical (unpaired) electrons. The monoisotopic (exact) mass is 241 g/mol. The molecule has 16 heavy (non-hydrogen) atoms. The first-order valence-electron chi connectivity index (χ1n) is 5.15. The van der Waals surface area contributed by atoms with Crippen LogP contribution in [0.3, 0.4) is 0 Å². The number of carbonyl (C=O) groups excluding carboxylic acids is 1. The summed E-state index contributed by atoms with van der Waals surface area (Å²) >= 11 is 1.23. The normalized spacial score (nSPS) is 12.1. The van der Waals surface area contributed by atoms with Crippen LogP contribution in [-0.4, -0.2) is 17.0 Å². The Hall–Kier alpha value is -1.36. The Morgan fingerprint density at radius 2 is 2.25 bits per heavy atom. The van der Waals surface area contributed by atoms with Crippen molar-refractivity contribution in [2.75, 3.05) is 5.32 Å². The molecule has 0 aromatic carbocycles. The van der Waals surface area contributed by atoms with E-state index in [4.69, 9.17) is 5.11 Å². The molecule has 1 unspecified atom stereocenters. The van der Waals surface area contributed by atoms with Crippen LogP contribution in [0.2, 0.25) is 0 Å². The quantitative estimate of drug-likeness (QED) is 0.833. The second-order valence-electron chi connectivity index (χ2n) is 3.73. The maximum Gasteiger partial charge on any atom is 0.338 e. The number of carboxylic acids is 1. The van der Waals surface area contributed by atoms with E-state index in [0.717, 1.165) is 6.42 Å². The van der Waals surface area contributed by atoms with Crippen molar-refractivity contribution in [1.82, 2.24) is 0 Å². The van der Waals surface area contributed by atoms with Gasteiger partial charge in [-0.05, 0) is 17.4 Å². The number of carboxylic acid groups (broad SMARTS) is 1.